The second-order valence-corrected chi connectivity index (χ2v) is 7.14. The van der Waals surface area contributed by atoms with Crippen LogP contribution >= 0.6 is 55.1 Å². The molecule has 21 heavy (non-hydrogen) atoms. The van der Waals surface area contributed by atoms with Crippen molar-refractivity contribution in [1.82, 2.24) is 9.97 Å². The zero-order valence-corrected chi connectivity index (χ0v) is 15.5. The largest absolute Gasteiger partial charge is 0.227 e. The zero-order valence-electron chi connectivity index (χ0n) is 10.8. The first-order valence-electron chi connectivity index (χ1n) is 6.04. The maximum atomic E-state index is 6.32. The molecule has 0 aliphatic carbocycles. The van der Waals surface area contributed by atoms with Gasteiger partial charge >= 0.3 is 0 Å². The summed E-state index contributed by atoms with van der Waals surface area (Å²) in [5.74, 6) is 0.503. The van der Waals surface area contributed by atoms with Crippen molar-refractivity contribution < 1.29 is 0 Å². The Labute approximate surface area is 148 Å². The number of halogens is 4. The van der Waals surface area contributed by atoms with E-state index in [0.717, 1.165) is 31.0 Å². The van der Waals surface area contributed by atoms with E-state index in [1.54, 1.807) is 6.07 Å². The van der Waals surface area contributed by atoms with Crippen LogP contribution in [0.1, 0.15) is 5.56 Å². The molecule has 0 N–H and O–H groups in total. The van der Waals surface area contributed by atoms with E-state index in [1.165, 1.54) is 0 Å². The second kappa shape index (κ2) is 5.84. The Bertz CT molecular complexity index is 866. The molecule has 0 aliphatic heterocycles. The van der Waals surface area contributed by atoms with Crippen LogP contribution in [0.3, 0.4) is 0 Å². The maximum absolute atomic E-state index is 6.32. The lowest BCUT2D eigenvalue weighted by Crippen LogP contribution is -1.94. The van der Waals surface area contributed by atoms with Gasteiger partial charge in [0.2, 0.25) is 0 Å². The SMILES string of the molecule is Cc1cc(Br)c2nc(-c3cc(Br)ccc3Cl)nc(Cl)c2c1. The number of nitrogens with zero attached hydrogens (tertiary/aromatic N) is 2. The van der Waals surface area contributed by atoms with Gasteiger partial charge in [-0.25, -0.2) is 9.97 Å². The Morgan fingerprint density at radius 1 is 1.00 bits per heavy atom. The third kappa shape index (κ3) is 2.95. The third-order valence-corrected chi connectivity index (χ3v) is 4.74. The fourth-order valence-corrected chi connectivity index (χ4v) is 3.53. The Morgan fingerprint density at radius 2 is 1.76 bits per heavy atom. The number of hydrogen-bond donors (Lipinski definition) is 0. The highest BCUT2D eigenvalue weighted by atomic mass is 79.9. The van der Waals surface area contributed by atoms with Gasteiger partial charge in [-0.05, 0) is 58.7 Å². The molecule has 0 fully saturated rings. The fraction of sp³-hybridized carbons (Fsp3) is 0.0667. The molecule has 0 amide bonds. The van der Waals surface area contributed by atoms with Gasteiger partial charge in [0, 0.05) is 19.9 Å². The molecule has 0 bridgehead atoms. The summed E-state index contributed by atoms with van der Waals surface area (Å²) in [5, 5.41) is 1.81. The lowest BCUT2D eigenvalue weighted by Gasteiger charge is -2.09. The van der Waals surface area contributed by atoms with Gasteiger partial charge in [-0.15, -0.1) is 0 Å². The van der Waals surface area contributed by atoms with Crippen molar-refractivity contribution in [3.8, 4) is 11.4 Å². The van der Waals surface area contributed by atoms with Gasteiger partial charge in [0.25, 0.3) is 0 Å². The predicted octanol–water partition coefficient (Wildman–Crippen LogP) is 6.44. The van der Waals surface area contributed by atoms with Gasteiger partial charge < -0.3 is 0 Å². The first kappa shape index (κ1) is 15.2. The normalized spacial score (nSPS) is 11.1. The molecule has 6 heteroatoms. The van der Waals surface area contributed by atoms with Gasteiger partial charge in [0.05, 0.1) is 10.5 Å². The highest BCUT2D eigenvalue weighted by molar-refractivity contribution is 9.11. The number of aromatic nitrogens is 2. The van der Waals surface area contributed by atoms with E-state index in [2.05, 4.69) is 41.8 Å². The molecule has 2 nitrogen and oxygen atoms in total. The van der Waals surface area contributed by atoms with Gasteiger partial charge in [0.15, 0.2) is 5.82 Å². The average molecular weight is 447 g/mol. The van der Waals surface area contributed by atoms with Gasteiger partial charge in [0.1, 0.15) is 5.15 Å². The van der Waals surface area contributed by atoms with Gasteiger partial charge in [-0.2, -0.15) is 0 Å². The zero-order chi connectivity index (χ0) is 15.1. The monoisotopic (exact) mass is 444 g/mol. The van der Waals surface area contributed by atoms with Crippen LogP contribution in [-0.2, 0) is 0 Å². The molecule has 1 heterocycles. The average Bonchev–Trinajstić information content (AvgIpc) is 2.42. The number of hydrogen-bond acceptors (Lipinski definition) is 2. The summed E-state index contributed by atoms with van der Waals surface area (Å²) in [6.07, 6.45) is 0. The van der Waals surface area contributed by atoms with E-state index in [0.29, 0.717) is 16.0 Å². The van der Waals surface area contributed by atoms with Crippen molar-refractivity contribution in [2.45, 2.75) is 6.92 Å². The third-order valence-electron chi connectivity index (χ3n) is 3.02. The van der Waals surface area contributed by atoms with Crippen molar-refractivity contribution in [1.29, 1.82) is 0 Å². The van der Waals surface area contributed by atoms with Crippen LogP contribution in [0.5, 0.6) is 0 Å². The molecule has 0 atom stereocenters. The fourth-order valence-electron chi connectivity index (χ4n) is 2.08. The highest BCUT2D eigenvalue weighted by Gasteiger charge is 2.13. The molecule has 0 unspecified atom stereocenters. The summed E-state index contributed by atoms with van der Waals surface area (Å²) in [6, 6.07) is 9.51. The standard InChI is InChI=1S/C15H8Br2Cl2N2/c1-7-4-10-13(11(17)5-7)20-15(21-14(10)19)9-6-8(16)2-3-12(9)18/h2-6H,1H3. The topological polar surface area (TPSA) is 25.8 Å². The van der Waals surface area contributed by atoms with Crippen molar-refractivity contribution in [2.75, 3.05) is 0 Å². The van der Waals surface area contributed by atoms with Crippen LogP contribution in [0.25, 0.3) is 22.3 Å². The van der Waals surface area contributed by atoms with Gasteiger partial charge in [-0.3, -0.25) is 0 Å². The molecule has 0 saturated heterocycles. The minimum atomic E-state index is 0.412. The minimum Gasteiger partial charge on any atom is -0.227 e. The van der Waals surface area contributed by atoms with Crippen molar-refractivity contribution in [3.05, 3.63) is 55.0 Å². The predicted molar refractivity (Wildman–Crippen MR) is 95.1 cm³/mol. The van der Waals surface area contributed by atoms with E-state index >= 15 is 0 Å². The molecule has 106 valence electrons. The Hall–Kier alpha value is -0.680. The molecule has 0 saturated carbocycles. The summed E-state index contributed by atoms with van der Waals surface area (Å²) in [7, 11) is 0. The highest BCUT2D eigenvalue weighted by Crippen LogP contribution is 2.34. The second-order valence-electron chi connectivity index (χ2n) is 4.61. The summed E-state index contributed by atoms with van der Waals surface area (Å²) in [6.45, 7) is 2.00. The molecule has 3 aromatic rings. The molecule has 2 aromatic carbocycles. The van der Waals surface area contributed by atoms with Crippen LogP contribution < -0.4 is 0 Å². The quantitative estimate of drug-likeness (QED) is 0.402. The van der Waals surface area contributed by atoms with Crippen LogP contribution in [0, 0.1) is 6.92 Å². The van der Waals surface area contributed by atoms with Crippen molar-refractivity contribution in [2.24, 2.45) is 0 Å². The van der Waals surface area contributed by atoms with Crippen LogP contribution in [-0.4, -0.2) is 9.97 Å². The summed E-state index contributed by atoms with van der Waals surface area (Å²) < 4.78 is 1.79. The molecule has 0 radical (unpaired) electrons. The van der Waals surface area contributed by atoms with Crippen molar-refractivity contribution in [3.63, 3.8) is 0 Å². The lowest BCUT2D eigenvalue weighted by molar-refractivity contribution is 1.22. The smallest absolute Gasteiger partial charge is 0.163 e. The lowest BCUT2D eigenvalue weighted by atomic mass is 10.1. The Morgan fingerprint density at radius 3 is 2.52 bits per heavy atom. The van der Waals surface area contributed by atoms with Gasteiger partial charge in [-0.1, -0.05) is 39.1 Å². The molecule has 0 spiro atoms. The molecule has 3 rings (SSSR count). The first-order chi connectivity index (χ1) is 9.95. The van der Waals surface area contributed by atoms with E-state index in [-0.39, 0.29) is 0 Å². The first-order valence-corrected chi connectivity index (χ1v) is 8.39. The van der Waals surface area contributed by atoms with Crippen LogP contribution in [0.2, 0.25) is 10.2 Å². The summed E-state index contributed by atoms with van der Waals surface area (Å²) >= 11 is 19.5. The Kier molecular flexibility index (Phi) is 4.23. The van der Waals surface area contributed by atoms with Crippen LogP contribution in [0.15, 0.2) is 39.3 Å². The van der Waals surface area contributed by atoms with E-state index in [4.69, 9.17) is 23.2 Å². The summed E-state index contributed by atoms with van der Waals surface area (Å²) in [5.41, 5.74) is 2.60. The Balaban J connectivity index is 2.33. The van der Waals surface area contributed by atoms with Crippen molar-refractivity contribution >= 4 is 66.0 Å². The number of fused-ring (bicyclic) bond motifs is 1. The number of benzene rings is 2. The summed E-state index contributed by atoms with van der Waals surface area (Å²) in [4.78, 5) is 8.99. The molecular formula is C15H8Br2Cl2N2. The number of rotatable bonds is 1. The van der Waals surface area contributed by atoms with Crippen LogP contribution in [0.4, 0.5) is 0 Å². The van der Waals surface area contributed by atoms with E-state index < -0.39 is 0 Å². The molecule has 0 aliphatic rings. The minimum absolute atomic E-state index is 0.412. The number of aryl methyl sites for hydroxylation is 1. The van der Waals surface area contributed by atoms with E-state index in [1.807, 2.05) is 31.2 Å². The molecular weight excluding hydrogens is 439 g/mol. The van der Waals surface area contributed by atoms with E-state index in [9.17, 15) is 0 Å². The molecule has 1 aromatic heterocycles. The maximum Gasteiger partial charge on any atom is 0.163 e.